The average Bonchev–Trinajstić information content (AvgIpc) is 2.60. The summed E-state index contributed by atoms with van der Waals surface area (Å²) < 4.78 is 30.7. The lowest BCUT2D eigenvalue weighted by Gasteiger charge is -2.11. The molecule has 0 aromatic heterocycles. The fourth-order valence-electron chi connectivity index (χ4n) is 2.72. The standard InChI is InChI=1S/C21H28N2O4S/c1-15(2)27-19-10-7-17(8-11-19)6-5-13-22-21(24)18-9-12-20(16(3)14-18)23-28(4,25)26/h7-12,14-15,23H,5-6,13H2,1-4H3,(H,22,24). The van der Waals surface area contributed by atoms with E-state index in [0.717, 1.165) is 24.8 Å². The largest absolute Gasteiger partial charge is 0.491 e. The number of amides is 1. The third-order valence-electron chi connectivity index (χ3n) is 4.01. The molecule has 28 heavy (non-hydrogen) atoms. The van der Waals surface area contributed by atoms with E-state index in [-0.39, 0.29) is 12.0 Å². The van der Waals surface area contributed by atoms with Crippen molar-refractivity contribution < 1.29 is 17.9 Å². The first kappa shape index (κ1) is 21.8. The first-order chi connectivity index (χ1) is 13.1. The van der Waals surface area contributed by atoms with Gasteiger partial charge in [-0.15, -0.1) is 0 Å². The summed E-state index contributed by atoms with van der Waals surface area (Å²) in [4.78, 5) is 12.3. The number of ether oxygens (including phenoxy) is 1. The topological polar surface area (TPSA) is 84.5 Å². The van der Waals surface area contributed by atoms with Gasteiger partial charge in [-0.3, -0.25) is 9.52 Å². The van der Waals surface area contributed by atoms with Crippen molar-refractivity contribution in [1.82, 2.24) is 5.32 Å². The Kier molecular flexibility index (Phi) is 7.45. The maximum Gasteiger partial charge on any atom is 0.251 e. The predicted molar refractivity (Wildman–Crippen MR) is 113 cm³/mol. The second-order valence-corrected chi connectivity index (χ2v) is 8.82. The van der Waals surface area contributed by atoms with Gasteiger partial charge in [0.1, 0.15) is 5.75 Å². The Bertz CT molecular complexity index is 907. The van der Waals surface area contributed by atoms with Crippen LogP contribution in [0.2, 0.25) is 0 Å². The van der Waals surface area contributed by atoms with Crippen molar-refractivity contribution in [2.45, 2.75) is 39.7 Å². The lowest BCUT2D eigenvalue weighted by molar-refractivity contribution is 0.0953. The number of sulfonamides is 1. The minimum Gasteiger partial charge on any atom is -0.491 e. The normalized spacial score (nSPS) is 11.3. The molecule has 0 fully saturated rings. The molecule has 0 atom stereocenters. The quantitative estimate of drug-likeness (QED) is 0.627. The Labute approximate surface area is 167 Å². The zero-order chi connectivity index (χ0) is 20.7. The van der Waals surface area contributed by atoms with Crippen LogP contribution in [0.1, 0.15) is 41.8 Å². The summed E-state index contributed by atoms with van der Waals surface area (Å²) >= 11 is 0. The van der Waals surface area contributed by atoms with E-state index >= 15 is 0 Å². The summed E-state index contributed by atoms with van der Waals surface area (Å²) in [6.07, 6.45) is 2.93. The number of carbonyl (C=O) groups excluding carboxylic acids is 1. The van der Waals surface area contributed by atoms with Crippen LogP contribution in [0.3, 0.4) is 0 Å². The van der Waals surface area contributed by atoms with Crippen molar-refractivity contribution in [2.24, 2.45) is 0 Å². The minimum atomic E-state index is -3.34. The van der Waals surface area contributed by atoms with E-state index in [9.17, 15) is 13.2 Å². The van der Waals surface area contributed by atoms with Crippen LogP contribution < -0.4 is 14.8 Å². The maximum atomic E-state index is 12.3. The first-order valence-electron chi connectivity index (χ1n) is 9.26. The zero-order valence-electron chi connectivity index (χ0n) is 16.8. The third kappa shape index (κ3) is 7.23. The number of anilines is 1. The van der Waals surface area contributed by atoms with E-state index in [1.807, 2.05) is 38.1 Å². The Morgan fingerprint density at radius 2 is 1.79 bits per heavy atom. The van der Waals surface area contributed by atoms with Crippen molar-refractivity contribution in [1.29, 1.82) is 0 Å². The van der Waals surface area contributed by atoms with Gasteiger partial charge in [0.2, 0.25) is 10.0 Å². The molecule has 2 N–H and O–H groups in total. The highest BCUT2D eigenvalue weighted by Gasteiger charge is 2.10. The molecule has 0 aliphatic carbocycles. The summed E-state index contributed by atoms with van der Waals surface area (Å²) in [6, 6.07) is 12.9. The summed E-state index contributed by atoms with van der Waals surface area (Å²) in [5, 5.41) is 2.90. The Hall–Kier alpha value is -2.54. The molecule has 0 saturated heterocycles. The van der Waals surface area contributed by atoms with E-state index in [1.54, 1.807) is 25.1 Å². The van der Waals surface area contributed by atoms with Crippen molar-refractivity contribution in [3.05, 3.63) is 59.2 Å². The molecule has 0 unspecified atom stereocenters. The fraction of sp³-hybridized carbons (Fsp3) is 0.381. The average molecular weight is 405 g/mol. The van der Waals surface area contributed by atoms with Crippen LogP contribution in [0.15, 0.2) is 42.5 Å². The van der Waals surface area contributed by atoms with Crippen molar-refractivity contribution in [3.8, 4) is 5.75 Å². The van der Waals surface area contributed by atoms with Gasteiger partial charge in [-0.2, -0.15) is 0 Å². The number of benzene rings is 2. The highest BCUT2D eigenvalue weighted by atomic mass is 32.2. The number of hydrogen-bond donors (Lipinski definition) is 2. The molecule has 0 bridgehead atoms. The highest BCUT2D eigenvalue weighted by Crippen LogP contribution is 2.18. The number of carbonyl (C=O) groups is 1. The van der Waals surface area contributed by atoms with Crippen molar-refractivity contribution in [2.75, 3.05) is 17.5 Å². The van der Waals surface area contributed by atoms with Gasteiger partial charge in [0.15, 0.2) is 0 Å². The van der Waals surface area contributed by atoms with Gasteiger partial charge >= 0.3 is 0 Å². The molecule has 0 aliphatic heterocycles. The lowest BCUT2D eigenvalue weighted by Crippen LogP contribution is -2.25. The van der Waals surface area contributed by atoms with Crippen LogP contribution in [0.4, 0.5) is 5.69 Å². The van der Waals surface area contributed by atoms with Gasteiger partial charge in [0.05, 0.1) is 18.0 Å². The van der Waals surface area contributed by atoms with Gasteiger partial charge in [-0.25, -0.2) is 8.42 Å². The van der Waals surface area contributed by atoms with Crippen LogP contribution in [0.25, 0.3) is 0 Å². The molecule has 2 aromatic rings. The molecular weight excluding hydrogens is 376 g/mol. The van der Waals surface area contributed by atoms with Gasteiger partial charge in [-0.05, 0) is 75.1 Å². The molecular formula is C21H28N2O4S. The molecule has 0 aliphatic rings. The molecule has 2 rings (SSSR count). The number of rotatable bonds is 9. The minimum absolute atomic E-state index is 0.154. The molecule has 152 valence electrons. The van der Waals surface area contributed by atoms with E-state index in [1.165, 1.54) is 5.56 Å². The van der Waals surface area contributed by atoms with Crippen LogP contribution in [0, 0.1) is 6.92 Å². The van der Waals surface area contributed by atoms with Crippen LogP contribution in [0.5, 0.6) is 5.75 Å². The van der Waals surface area contributed by atoms with Crippen molar-refractivity contribution in [3.63, 3.8) is 0 Å². The van der Waals surface area contributed by atoms with E-state index in [4.69, 9.17) is 4.74 Å². The molecule has 0 saturated carbocycles. The van der Waals surface area contributed by atoms with Gasteiger partial charge < -0.3 is 10.1 Å². The van der Waals surface area contributed by atoms with Crippen LogP contribution in [-0.2, 0) is 16.4 Å². The molecule has 0 spiro atoms. The number of aryl methyl sites for hydroxylation is 2. The Balaban J connectivity index is 1.81. The number of hydrogen-bond acceptors (Lipinski definition) is 4. The Morgan fingerprint density at radius 3 is 2.36 bits per heavy atom. The van der Waals surface area contributed by atoms with Crippen molar-refractivity contribution >= 4 is 21.6 Å². The van der Waals surface area contributed by atoms with Gasteiger partial charge in [-0.1, -0.05) is 12.1 Å². The maximum absolute atomic E-state index is 12.3. The van der Waals surface area contributed by atoms with E-state index < -0.39 is 10.0 Å². The molecule has 0 heterocycles. The van der Waals surface area contributed by atoms with Gasteiger partial charge in [0.25, 0.3) is 5.91 Å². The van der Waals surface area contributed by atoms with Crippen LogP contribution >= 0.6 is 0 Å². The summed E-state index contributed by atoms with van der Waals surface area (Å²) in [5.41, 5.74) is 2.87. The first-order valence-corrected chi connectivity index (χ1v) is 11.2. The number of nitrogens with one attached hydrogen (secondary N) is 2. The molecule has 2 aromatic carbocycles. The van der Waals surface area contributed by atoms with E-state index in [2.05, 4.69) is 10.0 Å². The van der Waals surface area contributed by atoms with Gasteiger partial charge in [0, 0.05) is 12.1 Å². The lowest BCUT2D eigenvalue weighted by atomic mass is 10.1. The molecule has 1 amide bonds. The molecule has 0 radical (unpaired) electrons. The SMILES string of the molecule is Cc1cc(C(=O)NCCCc2ccc(OC(C)C)cc2)ccc1NS(C)(=O)=O. The second-order valence-electron chi connectivity index (χ2n) is 7.07. The summed E-state index contributed by atoms with van der Waals surface area (Å²) in [5.74, 6) is 0.686. The van der Waals surface area contributed by atoms with Crippen LogP contribution in [-0.4, -0.2) is 33.2 Å². The smallest absolute Gasteiger partial charge is 0.251 e. The highest BCUT2D eigenvalue weighted by molar-refractivity contribution is 7.92. The summed E-state index contributed by atoms with van der Waals surface area (Å²) in [6.45, 7) is 6.31. The molecule has 6 nitrogen and oxygen atoms in total. The zero-order valence-corrected chi connectivity index (χ0v) is 17.6. The third-order valence-corrected chi connectivity index (χ3v) is 4.60. The Morgan fingerprint density at radius 1 is 1.11 bits per heavy atom. The fourth-order valence-corrected chi connectivity index (χ4v) is 3.35. The molecule has 7 heteroatoms. The second kappa shape index (κ2) is 9.59. The predicted octanol–water partition coefficient (Wildman–Crippen LogP) is 3.52. The summed E-state index contributed by atoms with van der Waals surface area (Å²) in [7, 11) is -3.34. The monoisotopic (exact) mass is 404 g/mol. The van der Waals surface area contributed by atoms with E-state index in [0.29, 0.717) is 23.4 Å².